The summed E-state index contributed by atoms with van der Waals surface area (Å²) in [6.07, 6.45) is 0. The second-order valence-electron chi connectivity index (χ2n) is 3.15. The third-order valence-electron chi connectivity index (χ3n) is 2.11. The fourth-order valence-corrected chi connectivity index (χ4v) is 1.92. The maximum atomic E-state index is 10.6. The van der Waals surface area contributed by atoms with Crippen molar-refractivity contribution < 1.29 is 9.90 Å². The van der Waals surface area contributed by atoms with Crippen molar-refractivity contribution in [3.05, 3.63) is 34.4 Å². The van der Waals surface area contributed by atoms with Gasteiger partial charge in [-0.25, -0.2) is 0 Å². The number of hydrogen-bond acceptors (Lipinski definition) is 1. The van der Waals surface area contributed by atoms with Gasteiger partial charge >= 0.3 is 5.97 Å². The first-order valence-electron chi connectivity index (χ1n) is 4.24. The van der Waals surface area contributed by atoms with Crippen LogP contribution in [0.3, 0.4) is 0 Å². The first-order valence-corrected chi connectivity index (χ1v) is 4.99. The molecule has 1 heterocycles. The van der Waals surface area contributed by atoms with E-state index in [1.165, 1.54) is 4.57 Å². The Labute approximate surface area is 95.8 Å². The van der Waals surface area contributed by atoms with Crippen LogP contribution >= 0.6 is 23.2 Å². The molecule has 1 N–H and O–H groups in total. The summed E-state index contributed by atoms with van der Waals surface area (Å²) in [5, 5.41) is 10.6. The van der Waals surface area contributed by atoms with Gasteiger partial charge in [-0.1, -0.05) is 29.3 Å². The number of halogens is 2. The van der Waals surface area contributed by atoms with Crippen molar-refractivity contribution in [3.63, 3.8) is 0 Å². The molecule has 1 aromatic carbocycles. The van der Waals surface area contributed by atoms with E-state index < -0.39 is 5.97 Å². The average Bonchev–Trinajstić information content (AvgIpc) is 2.43. The molecule has 0 saturated carbocycles. The average molecular weight is 244 g/mol. The van der Waals surface area contributed by atoms with E-state index in [-0.39, 0.29) is 6.54 Å². The zero-order chi connectivity index (χ0) is 11.0. The number of fused-ring (bicyclic) bond motifs is 1. The number of rotatable bonds is 2. The van der Waals surface area contributed by atoms with E-state index in [9.17, 15) is 4.79 Å². The van der Waals surface area contributed by atoms with Crippen molar-refractivity contribution in [2.75, 3.05) is 0 Å². The molecular formula is C10H7Cl2NO2. The van der Waals surface area contributed by atoms with E-state index in [0.717, 1.165) is 10.9 Å². The zero-order valence-electron chi connectivity index (χ0n) is 7.58. The lowest BCUT2D eigenvalue weighted by Crippen LogP contribution is -2.08. The molecule has 1 aromatic heterocycles. The Morgan fingerprint density at radius 3 is 2.73 bits per heavy atom. The monoisotopic (exact) mass is 243 g/mol. The van der Waals surface area contributed by atoms with Crippen LogP contribution in [0, 0.1) is 0 Å². The molecule has 2 rings (SSSR count). The maximum Gasteiger partial charge on any atom is 0.323 e. The van der Waals surface area contributed by atoms with Gasteiger partial charge in [0.05, 0.1) is 5.52 Å². The molecule has 0 radical (unpaired) electrons. The molecular weight excluding hydrogens is 237 g/mol. The maximum absolute atomic E-state index is 10.6. The van der Waals surface area contributed by atoms with E-state index in [0.29, 0.717) is 10.2 Å². The lowest BCUT2D eigenvalue weighted by Gasteiger charge is -2.02. The van der Waals surface area contributed by atoms with Crippen LogP contribution in [-0.2, 0) is 11.3 Å². The van der Waals surface area contributed by atoms with E-state index in [1.54, 1.807) is 18.2 Å². The fourth-order valence-electron chi connectivity index (χ4n) is 1.49. The Morgan fingerprint density at radius 2 is 2.07 bits per heavy atom. The van der Waals surface area contributed by atoms with Gasteiger partial charge in [0.15, 0.2) is 0 Å². The van der Waals surface area contributed by atoms with Gasteiger partial charge in [-0.15, -0.1) is 0 Å². The van der Waals surface area contributed by atoms with Crippen molar-refractivity contribution >= 4 is 40.1 Å². The van der Waals surface area contributed by atoms with Crippen LogP contribution in [0.2, 0.25) is 10.2 Å². The molecule has 0 fully saturated rings. The lowest BCUT2D eigenvalue weighted by molar-refractivity contribution is -0.137. The summed E-state index contributed by atoms with van der Waals surface area (Å²) in [6, 6.07) is 6.97. The minimum Gasteiger partial charge on any atom is -0.480 e. The summed E-state index contributed by atoms with van der Waals surface area (Å²) in [4.78, 5) is 10.6. The van der Waals surface area contributed by atoms with Gasteiger partial charge < -0.3 is 9.67 Å². The van der Waals surface area contributed by atoms with Gasteiger partial charge in [0.1, 0.15) is 11.7 Å². The molecule has 15 heavy (non-hydrogen) atoms. The van der Waals surface area contributed by atoms with E-state index in [4.69, 9.17) is 28.3 Å². The molecule has 0 aliphatic heterocycles. The molecule has 0 spiro atoms. The predicted molar refractivity (Wildman–Crippen MR) is 59.6 cm³/mol. The lowest BCUT2D eigenvalue weighted by atomic mass is 10.2. The van der Waals surface area contributed by atoms with Crippen LogP contribution < -0.4 is 0 Å². The van der Waals surface area contributed by atoms with E-state index >= 15 is 0 Å². The van der Waals surface area contributed by atoms with Crippen LogP contribution in [0.25, 0.3) is 10.9 Å². The molecule has 78 valence electrons. The highest BCUT2D eigenvalue weighted by Crippen LogP contribution is 2.26. The Hall–Kier alpha value is -1.19. The van der Waals surface area contributed by atoms with Crippen molar-refractivity contribution in [2.45, 2.75) is 6.54 Å². The molecule has 0 atom stereocenters. The molecule has 0 bridgehead atoms. The highest BCUT2D eigenvalue weighted by atomic mass is 35.5. The third-order valence-corrected chi connectivity index (χ3v) is 2.66. The second kappa shape index (κ2) is 3.76. The SMILES string of the molecule is O=C(O)Cn1c(Cl)cc2ccc(Cl)cc21. The number of carboxylic acid groups (broad SMARTS) is 1. The van der Waals surface area contributed by atoms with Crippen LogP contribution in [0.4, 0.5) is 0 Å². The minimum absolute atomic E-state index is 0.164. The Balaban J connectivity index is 2.65. The van der Waals surface area contributed by atoms with Crippen molar-refractivity contribution in [2.24, 2.45) is 0 Å². The number of hydrogen-bond donors (Lipinski definition) is 1. The molecule has 0 saturated heterocycles. The first kappa shape index (κ1) is 10.3. The summed E-state index contributed by atoms with van der Waals surface area (Å²) < 4.78 is 1.51. The summed E-state index contributed by atoms with van der Waals surface area (Å²) in [5.74, 6) is -0.936. The molecule has 3 nitrogen and oxygen atoms in total. The van der Waals surface area contributed by atoms with Crippen molar-refractivity contribution in [3.8, 4) is 0 Å². The van der Waals surface area contributed by atoms with Gasteiger partial charge in [0.25, 0.3) is 0 Å². The van der Waals surface area contributed by atoms with E-state index in [2.05, 4.69) is 0 Å². The summed E-state index contributed by atoms with van der Waals surface area (Å²) >= 11 is 11.8. The number of aliphatic carboxylic acids is 1. The van der Waals surface area contributed by atoms with Crippen LogP contribution in [-0.4, -0.2) is 15.6 Å². The quantitative estimate of drug-likeness (QED) is 0.882. The molecule has 0 unspecified atom stereocenters. The van der Waals surface area contributed by atoms with Crippen LogP contribution in [0.15, 0.2) is 24.3 Å². The van der Waals surface area contributed by atoms with Gasteiger partial charge in [-0.05, 0) is 18.2 Å². The Morgan fingerprint density at radius 1 is 1.33 bits per heavy atom. The van der Waals surface area contributed by atoms with Crippen LogP contribution in [0.1, 0.15) is 0 Å². The predicted octanol–water partition coefficient (Wildman–Crippen LogP) is 3.03. The zero-order valence-corrected chi connectivity index (χ0v) is 9.09. The standard InChI is InChI=1S/C10H7Cl2NO2/c11-7-2-1-6-3-9(12)13(5-10(14)15)8(6)4-7/h1-4H,5H2,(H,14,15). The Kier molecular flexibility index (Phi) is 2.59. The van der Waals surface area contributed by atoms with Gasteiger partial charge in [-0.2, -0.15) is 0 Å². The van der Waals surface area contributed by atoms with Gasteiger partial charge in [0.2, 0.25) is 0 Å². The summed E-state index contributed by atoms with van der Waals surface area (Å²) in [6.45, 7) is -0.164. The smallest absolute Gasteiger partial charge is 0.323 e. The largest absolute Gasteiger partial charge is 0.480 e. The highest BCUT2D eigenvalue weighted by Gasteiger charge is 2.09. The van der Waals surface area contributed by atoms with Gasteiger partial charge in [0, 0.05) is 10.4 Å². The number of carbonyl (C=O) groups is 1. The van der Waals surface area contributed by atoms with Crippen LogP contribution in [0.5, 0.6) is 0 Å². The molecule has 0 amide bonds. The normalized spacial score (nSPS) is 10.8. The molecule has 0 aliphatic carbocycles. The van der Waals surface area contributed by atoms with Crippen molar-refractivity contribution in [1.82, 2.24) is 4.57 Å². The van der Waals surface area contributed by atoms with Crippen molar-refractivity contribution in [1.29, 1.82) is 0 Å². The number of aromatic nitrogens is 1. The molecule has 5 heteroatoms. The topological polar surface area (TPSA) is 42.2 Å². The molecule has 0 aliphatic rings. The second-order valence-corrected chi connectivity index (χ2v) is 3.97. The third kappa shape index (κ3) is 1.94. The van der Waals surface area contributed by atoms with E-state index in [1.807, 2.05) is 6.07 Å². The van der Waals surface area contributed by atoms with Gasteiger partial charge in [-0.3, -0.25) is 4.79 Å². The Bertz CT molecular complexity index is 533. The minimum atomic E-state index is -0.936. The summed E-state index contributed by atoms with van der Waals surface area (Å²) in [5.41, 5.74) is 0.731. The number of nitrogens with zero attached hydrogens (tertiary/aromatic N) is 1. The highest BCUT2D eigenvalue weighted by molar-refractivity contribution is 6.32. The fraction of sp³-hybridized carbons (Fsp3) is 0.100. The first-order chi connectivity index (χ1) is 7.08. The summed E-state index contributed by atoms with van der Waals surface area (Å²) in [7, 11) is 0. The molecule has 2 aromatic rings. The number of benzene rings is 1. The number of carboxylic acids is 1.